The number of hydrogen-bond donors (Lipinski definition) is 0. The zero-order chi connectivity index (χ0) is 23.9. The van der Waals surface area contributed by atoms with Gasteiger partial charge >= 0.3 is 6.09 Å². The van der Waals surface area contributed by atoms with E-state index in [2.05, 4.69) is 25.1 Å². The topological polar surface area (TPSA) is 60.9 Å². The van der Waals surface area contributed by atoms with Gasteiger partial charge in [-0.3, -0.25) is 0 Å². The number of para-hydroxylation sites is 1. The molecule has 0 unspecified atom stereocenters. The predicted octanol–water partition coefficient (Wildman–Crippen LogP) is 6.04. The molecule has 0 saturated heterocycles. The van der Waals surface area contributed by atoms with Crippen molar-refractivity contribution in [3.63, 3.8) is 0 Å². The molecule has 0 atom stereocenters. The lowest BCUT2D eigenvalue weighted by Gasteiger charge is -2.34. The molecule has 0 bridgehead atoms. The molecule has 1 saturated carbocycles. The fourth-order valence-corrected chi connectivity index (χ4v) is 4.55. The highest BCUT2D eigenvalue weighted by molar-refractivity contribution is 5.86. The summed E-state index contributed by atoms with van der Waals surface area (Å²) in [5, 5.41) is 1.02. The number of nitrogens with zero attached hydrogens (tertiary/aromatic N) is 2. The van der Waals surface area contributed by atoms with Crippen molar-refractivity contribution in [1.29, 1.82) is 0 Å². The summed E-state index contributed by atoms with van der Waals surface area (Å²) in [4.78, 5) is 18.6. The third-order valence-corrected chi connectivity index (χ3v) is 6.61. The Bertz CT molecular complexity index is 1090. The van der Waals surface area contributed by atoms with Gasteiger partial charge in [0.15, 0.2) is 0 Å². The van der Waals surface area contributed by atoms with Crippen LogP contribution in [0.3, 0.4) is 0 Å². The van der Waals surface area contributed by atoms with E-state index in [4.69, 9.17) is 19.2 Å². The molecular weight excluding hydrogens is 428 g/mol. The van der Waals surface area contributed by atoms with Gasteiger partial charge in [-0.2, -0.15) is 0 Å². The summed E-state index contributed by atoms with van der Waals surface area (Å²) in [5.41, 5.74) is 3.97. The molecule has 1 heterocycles. The summed E-state index contributed by atoms with van der Waals surface area (Å²) in [6, 6.07) is 18.5. The van der Waals surface area contributed by atoms with E-state index in [9.17, 15) is 4.79 Å². The van der Waals surface area contributed by atoms with E-state index >= 15 is 0 Å². The number of carbonyl (C=O) groups is 1. The number of pyridine rings is 1. The van der Waals surface area contributed by atoms with Crippen LogP contribution in [0.1, 0.15) is 49.4 Å². The van der Waals surface area contributed by atoms with Crippen molar-refractivity contribution in [3.05, 3.63) is 71.4 Å². The van der Waals surface area contributed by atoms with Crippen LogP contribution in [0.4, 0.5) is 4.79 Å². The first kappa shape index (κ1) is 24.0. The number of carbonyl (C=O) groups excluding carboxylic acids is 1. The molecule has 1 fully saturated rings. The molecule has 34 heavy (non-hydrogen) atoms. The van der Waals surface area contributed by atoms with Gasteiger partial charge < -0.3 is 19.1 Å². The first-order valence-electron chi connectivity index (χ1n) is 12.1. The van der Waals surface area contributed by atoms with Crippen LogP contribution in [-0.4, -0.2) is 41.8 Å². The highest BCUT2D eigenvalue weighted by atomic mass is 16.6. The maximum Gasteiger partial charge on any atom is 0.409 e. The largest absolute Gasteiger partial charge is 0.488 e. The van der Waals surface area contributed by atoms with Crippen LogP contribution in [0.25, 0.3) is 10.9 Å². The van der Waals surface area contributed by atoms with Gasteiger partial charge in [0.1, 0.15) is 12.4 Å². The molecule has 180 valence electrons. The molecule has 2 aromatic carbocycles. The van der Waals surface area contributed by atoms with Crippen molar-refractivity contribution >= 4 is 17.0 Å². The summed E-state index contributed by atoms with van der Waals surface area (Å²) in [5.74, 6) is 0.868. The van der Waals surface area contributed by atoms with Gasteiger partial charge in [-0.1, -0.05) is 42.5 Å². The van der Waals surface area contributed by atoms with Crippen molar-refractivity contribution in [2.45, 2.75) is 64.9 Å². The van der Waals surface area contributed by atoms with Crippen molar-refractivity contribution < 1.29 is 19.0 Å². The normalized spacial score (nSPS) is 18.0. The number of fused-ring (bicyclic) bond motifs is 1. The van der Waals surface area contributed by atoms with E-state index in [0.29, 0.717) is 19.8 Å². The van der Waals surface area contributed by atoms with Gasteiger partial charge in [0.2, 0.25) is 0 Å². The third-order valence-electron chi connectivity index (χ3n) is 6.61. The average Bonchev–Trinajstić information content (AvgIpc) is 2.87. The molecule has 1 aliphatic rings. The lowest BCUT2D eigenvalue weighted by molar-refractivity contribution is -0.00146. The maximum atomic E-state index is 12.0. The second-order valence-corrected chi connectivity index (χ2v) is 8.86. The molecule has 1 aliphatic carbocycles. The number of benzene rings is 2. The van der Waals surface area contributed by atoms with E-state index in [-0.39, 0.29) is 18.2 Å². The van der Waals surface area contributed by atoms with Crippen LogP contribution in [0.2, 0.25) is 0 Å². The number of aromatic nitrogens is 1. The fourth-order valence-electron chi connectivity index (χ4n) is 4.55. The van der Waals surface area contributed by atoms with Crippen molar-refractivity contribution in [3.8, 4) is 5.75 Å². The smallest absolute Gasteiger partial charge is 0.409 e. The molecule has 4 rings (SSSR count). The minimum absolute atomic E-state index is 0.160. The average molecular weight is 463 g/mol. The van der Waals surface area contributed by atoms with Crippen LogP contribution in [0.15, 0.2) is 54.6 Å². The zero-order valence-electron chi connectivity index (χ0n) is 20.3. The Morgan fingerprint density at radius 2 is 1.71 bits per heavy atom. The van der Waals surface area contributed by atoms with Crippen LogP contribution >= 0.6 is 0 Å². The molecule has 1 aromatic heterocycles. The van der Waals surface area contributed by atoms with E-state index < -0.39 is 0 Å². The Kier molecular flexibility index (Phi) is 8.01. The molecule has 0 spiro atoms. The van der Waals surface area contributed by atoms with Crippen molar-refractivity contribution in [2.75, 3.05) is 13.7 Å². The number of amides is 1. The Morgan fingerprint density at radius 1 is 1.00 bits per heavy atom. The van der Waals surface area contributed by atoms with Gasteiger partial charge in [-0.25, -0.2) is 9.78 Å². The Hall–Kier alpha value is -3.12. The molecule has 6 nitrogen and oxygen atoms in total. The summed E-state index contributed by atoms with van der Waals surface area (Å²) in [6.45, 7) is 5.24. The molecule has 0 aliphatic heterocycles. The monoisotopic (exact) mass is 462 g/mol. The Labute approximate surface area is 201 Å². The van der Waals surface area contributed by atoms with E-state index in [1.54, 1.807) is 4.90 Å². The van der Waals surface area contributed by atoms with Crippen molar-refractivity contribution in [2.24, 2.45) is 0 Å². The molecule has 0 N–H and O–H groups in total. The van der Waals surface area contributed by atoms with Crippen LogP contribution in [0.5, 0.6) is 5.75 Å². The minimum atomic E-state index is -0.245. The van der Waals surface area contributed by atoms with E-state index in [0.717, 1.165) is 59.2 Å². The quantitative estimate of drug-likeness (QED) is 0.408. The highest BCUT2D eigenvalue weighted by Gasteiger charge is 2.28. The standard InChI is InChI=1S/C28H34N2O4/c1-4-32-28(31)30(3)22-14-16-23(17-15-22)33-19-26-20(2)27(24-12-8-9-13-25(24)29-26)34-18-21-10-6-5-7-11-21/h5-13,22-23H,4,14-19H2,1-3H3. The van der Waals surface area contributed by atoms with Crippen LogP contribution in [-0.2, 0) is 22.7 Å². The molecular formula is C28H34N2O4. The molecule has 1 amide bonds. The molecule has 6 heteroatoms. The summed E-state index contributed by atoms with van der Waals surface area (Å²) in [7, 11) is 1.82. The lowest BCUT2D eigenvalue weighted by atomic mass is 9.92. The highest BCUT2D eigenvalue weighted by Crippen LogP contribution is 2.32. The lowest BCUT2D eigenvalue weighted by Crippen LogP contribution is -2.41. The summed E-state index contributed by atoms with van der Waals surface area (Å²) < 4.78 is 17.7. The van der Waals surface area contributed by atoms with Crippen LogP contribution < -0.4 is 4.74 Å². The number of hydrogen-bond acceptors (Lipinski definition) is 5. The SMILES string of the molecule is CCOC(=O)N(C)C1CCC(OCc2nc3ccccc3c(OCc3ccccc3)c2C)CC1. The van der Waals surface area contributed by atoms with Gasteiger partial charge in [0.05, 0.1) is 30.5 Å². The predicted molar refractivity (Wildman–Crippen MR) is 133 cm³/mol. The van der Waals surface area contributed by atoms with Gasteiger partial charge in [0.25, 0.3) is 0 Å². The molecule has 0 radical (unpaired) electrons. The second kappa shape index (κ2) is 11.3. The summed E-state index contributed by atoms with van der Waals surface area (Å²) in [6.07, 6.45) is 3.57. The molecule has 3 aromatic rings. The van der Waals surface area contributed by atoms with Crippen LogP contribution in [0, 0.1) is 6.92 Å². The number of ether oxygens (including phenoxy) is 3. The fraction of sp³-hybridized carbons (Fsp3) is 0.429. The van der Waals surface area contributed by atoms with Gasteiger partial charge in [0, 0.05) is 24.0 Å². The third kappa shape index (κ3) is 5.68. The minimum Gasteiger partial charge on any atom is -0.488 e. The Balaban J connectivity index is 1.41. The zero-order valence-corrected chi connectivity index (χ0v) is 20.3. The van der Waals surface area contributed by atoms with Gasteiger partial charge in [-0.15, -0.1) is 0 Å². The summed E-state index contributed by atoms with van der Waals surface area (Å²) >= 11 is 0. The Morgan fingerprint density at radius 3 is 2.44 bits per heavy atom. The van der Waals surface area contributed by atoms with Gasteiger partial charge in [-0.05, 0) is 57.2 Å². The van der Waals surface area contributed by atoms with E-state index in [1.807, 2.05) is 50.4 Å². The van der Waals surface area contributed by atoms with Crippen molar-refractivity contribution in [1.82, 2.24) is 9.88 Å². The van der Waals surface area contributed by atoms with E-state index in [1.165, 1.54) is 0 Å². The first-order valence-corrected chi connectivity index (χ1v) is 12.1. The maximum absolute atomic E-state index is 12.0. The number of rotatable bonds is 8. The first-order chi connectivity index (χ1) is 16.6. The second-order valence-electron chi connectivity index (χ2n) is 8.86.